The first-order valence-corrected chi connectivity index (χ1v) is 11.2. The summed E-state index contributed by atoms with van der Waals surface area (Å²) in [6.07, 6.45) is 2.18. The number of nitrogens with one attached hydrogen (secondary N) is 1. The fourth-order valence-electron chi connectivity index (χ4n) is 4.27. The Morgan fingerprint density at radius 1 is 1.23 bits per heavy atom. The number of rotatable bonds is 6. The first kappa shape index (κ1) is 20.4. The van der Waals surface area contributed by atoms with Crippen LogP contribution < -0.4 is 5.32 Å². The number of likely N-dealkylation sites (tertiary alicyclic amines) is 1. The van der Waals surface area contributed by atoms with Crippen LogP contribution in [0.2, 0.25) is 0 Å². The van der Waals surface area contributed by atoms with Crippen molar-refractivity contribution in [3.63, 3.8) is 0 Å². The van der Waals surface area contributed by atoms with E-state index in [0.29, 0.717) is 30.5 Å². The zero-order chi connectivity index (χ0) is 21.1. The van der Waals surface area contributed by atoms with Crippen LogP contribution in [0.25, 0.3) is 0 Å². The molecule has 30 heavy (non-hydrogen) atoms. The fraction of sp³-hybridized carbons (Fsp3) is 0.333. The second kappa shape index (κ2) is 8.86. The van der Waals surface area contributed by atoms with Gasteiger partial charge in [0.1, 0.15) is 11.9 Å². The Balaban J connectivity index is 1.55. The number of carbonyl (C=O) groups is 1. The minimum absolute atomic E-state index is 0.0678. The van der Waals surface area contributed by atoms with E-state index in [-0.39, 0.29) is 5.91 Å². The van der Waals surface area contributed by atoms with Crippen molar-refractivity contribution in [3.8, 4) is 6.07 Å². The first-order valence-electron chi connectivity index (χ1n) is 10.3. The lowest BCUT2D eigenvalue weighted by Crippen LogP contribution is -2.33. The van der Waals surface area contributed by atoms with E-state index in [1.54, 1.807) is 11.3 Å². The monoisotopic (exact) mass is 418 g/mol. The molecule has 4 rings (SSSR count). The van der Waals surface area contributed by atoms with Crippen LogP contribution in [0.4, 0.5) is 5.82 Å². The molecule has 0 spiro atoms. The minimum atomic E-state index is -0.0678. The van der Waals surface area contributed by atoms with Crippen LogP contribution in [0.1, 0.15) is 46.1 Å². The van der Waals surface area contributed by atoms with Crippen molar-refractivity contribution < 1.29 is 4.79 Å². The third-order valence-electron chi connectivity index (χ3n) is 5.96. The van der Waals surface area contributed by atoms with Gasteiger partial charge in [-0.05, 0) is 55.8 Å². The van der Waals surface area contributed by atoms with E-state index in [2.05, 4.69) is 45.9 Å². The molecule has 6 heteroatoms. The fourth-order valence-corrected chi connectivity index (χ4v) is 5.16. The molecule has 0 saturated carbocycles. The molecule has 154 valence electrons. The van der Waals surface area contributed by atoms with Gasteiger partial charge in [0.15, 0.2) is 0 Å². The van der Waals surface area contributed by atoms with Crippen LogP contribution in [-0.2, 0) is 11.3 Å². The van der Waals surface area contributed by atoms with Crippen molar-refractivity contribution in [2.75, 3.05) is 18.4 Å². The minimum Gasteiger partial charge on any atom is -0.326 e. The van der Waals surface area contributed by atoms with Gasteiger partial charge in [0.05, 0.1) is 12.1 Å². The molecule has 1 amide bonds. The SMILES string of the molecule is Cc1c(C#N)c(NC(=O)CN2CCCC2c2cccs2)n(Cc2ccccc2)c1C. The molecule has 1 aliphatic heterocycles. The van der Waals surface area contributed by atoms with Crippen molar-refractivity contribution in [1.29, 1.82) is 5.26 Å². The number of aromatic nitrogens is 1. The highest BCUT2D eigenvalue weighted by molar-refractivity contribution is 7.10. The summed E-state index contributed by atoms with van der Waals surface area (Å²) in [7, 11) is 0. The van der Waals surface area contributed by atoms with Crippen molar-refractivity contribution in [3.05, 3.63) is 75.1 Å². The summed E-state index contributed by atoms with van der Waals surface area (Å²) < 4.78 is 2.04. The van der Waals surface area contributed by atoms with Crippen LogP contribution in [0, 0.1) is 25.2 Å². The number of thiophene rings is 1. The van der Waals surface area contributed by atoms with Crippen molar-refractivity contribution in [2.45, 2.75) is 39.3 Å². The van der Waals surface area contributed by atoms with Gasteiger partial charge in [-0.2, -0.15) is 5.26 Å². The van der Waals surface area contributed by atoms with E-state index in [4.69, 9.17) is 0 Å². The Kier molecular flexibility index (Phi) is 6.03. The maximum Gasteiger partial charge on any atom is 0.239 e. The van der Waals surface area contributed by atoms with Gasteiger partial charge in [0, 0.05) is 23.2 Å². The molecule has 1 atom stereocenters. The van der Waals surface area contributed by atoms with E-state index < -0.39 is 0 Å². The molecule has 3 heterocycles. The third kappa shape index (κ3) is 4.04. The number of hydrogen-bond acceptors (Lipinski definition) is 4. The summed E-state index contributed by atoms with van der Waals surface area (Å²) in [5.41, 5.74) is 3.60. The van der Waals surface area contributed by atoms with E-state index >= 15 is 0 Å². The van der Waals surface area contributed by atoms with Gasteiger partial charge in [-0.15, -0.1) is 11.3 Å². The van der Waals surface area contributed by atoms with Crippen LogP contribution in [0.15, 0.2) is 47.8 Å². The molecule has 2 aromatic heterocycles. The summed E-state index contributed by atoms with van der Waals surface area (Å²) in [4.78, 5) is 16.6. The molecule has 1 unspecified atom stereocenters. The van der Waals surface area contributed by atoms with Crippen molar-refractivity contribution in [1.82, 2.24) is 9.47 Å². The van der Waals surface area contributed by atoms with Crippen LogP contribution >= 0.6 is 11.3 Å². The van der Waals surface area contributed by atoms with Crippen LogP contribution in [-0.4, -0.2) is 28.5 Å². The third-order valence-corrected chi connectivity index (χ3v) is 6.94. The summed E-state index contributed by atoms with van der Waals surface area (Å²) >= 11 is 1.75. The number of carbonyl (C=O) groups excluding carboxylic acids is 1. The first-order chi connectivity index (χ1) is 14.6. The summed E-state index contributed by atoms with van der Waals surface area (Å²) in [5.74, 6) is 0.537. The Hall–Kier alpha value is -2.88. The molecule has 3 aromatic rings. The second-order valence-corrected chi connectivity index (χ2v) is 8.79. The smallest absolute Gasteiger partial charge is 0.239 e. The largest absolute Gasteiger partial charge is 0.326 e. The number of anilines is 1. The lowest BCUT2D eigenvalue weighted by Gasteiger charge is -2.23. The van der Waals surface area contributed by atoms with E-state index in [1.807, 2.05) is 36.6 Å². The summed E-state index contributed by atoms with van der Waals surface area (Å²) in [5, 5.41) is 14.9. The quantitative estimate of drug-likeness (QED) is 0.622. The van der Waals surface area contributed by atoms with Crippen molar-refractivity contribution >= 4 is 23.1 Å². The molecule has 0 radical (unpaired) electrons. The van der Waals surface area contributed by atoms with Gasteiger partial charge >= 0.3 is 0 Å². The van der Waals surface area contributed by atoms with Gasteiger partial charge in [-0.1, -0.05) is 36.4 Å². The number of benzene rings is 1. The highest BCUT2D eigenvalue weighted by Crippen LogP contribution is 2.34. The number of nitriles is 1. The lowest BCUT2D eigenvalue weighted by atomic mass is 10.2. The maximum atomic E-state index is 13.0. The Morgan fingerprint density at radius 3 is 2.73 bits per heavy atom. The molecule has 0 aliphatic carbocycles. The van der Waals surface area contributed by atoms with Gasteiger partial charge in [-0.3, -0.25) is 9.69 Å². The molecule has 1 aliphatic rings. The zero-order valence-corrected chi connectivity index (χ0v) is 18.2. The molecular weight excluding hydrogens is 392 g/mol. The highest BCUT2D eigenvalue weighted by Gasteiger charge is 2.29. The van der Waals surface area contributed by atoms with Gasteiger partial charge in [-0.25, -0.2) is 0 Å². The Labute approximate surface area is 181 Å². The predicted octanol–water partition coefficient (Wildman–Crippen LogP) is 4.86. The number of amides is 1. The molecule has 0 bridgehead atoms. The molecular formula is C24H26N4OS. The van der Waals surface area contributed by atoms with Gasteiger partial charge < -0.3 is 9.88 Å². The molecule has 5 nitrogen and oxygen atoms in total. The maximum absolute atomic E-state index is 13.0. The van der Waals surface area contributed by atoms with Gasteiger partial charge in [0.2, 0.25) is 5.91 Å². The standard InChI is InChI=1S/C24H26N4OS/c1-17-18(2)28(15-19-8-4-3-5-9-19)24(20(17)14-25)26-23(29)16-27-12-6-10-21(27)22-11-7-13-30-22/h3-5,7-9,11,13,21H,6,10,12,15-16H2,1-2H3,(H,26,29). The topological polar surface area (TPSA) is 61.1 Å². The lowest BCUT2D eigenvalue weighted by molar-refractivity contribution is -0.117. The number of nitrogens with zero attached hydrogens (tertiary/aromatic N) is 3. The molecule has 1 aromatic carbocycles. The predicted molar refractivity (Wildman–Crippen MR) is 121 cm³/mol. The zero-order valence-electron chi connectivity index (χ0n) is 17.4. The van der Waals surface area contributed by atoms with E-state index in [1.165, 1.54) is 4.88 Å². The molecule has 1 fully saturated rings. The molecule has 1 N–H and O–H groups in total. The van der Waals surface area contributed by atoms with Crippen LogP contribution in [0.3, 0.4) is 0 Å². The average molecular weight is 419 g/mol. The summed E-state index contributed by atoms with van der Waals surface area (Å²) in [6.45, 7) is 5.82. The normalized spacial score (nSPS) is 16.5. The Morgan fingerprint density at radius 2 is 2.03 bits per heavy atom. The highest BCUT2D eigenvalue weighted by atomic mass is 32.1. The Bertz CT molecular complexity index is 1060. The number of hydrogen-bond donors (Lipinski definition) is 1. The molecule has 1 saturated heterocycles. The van der Waals surface area contributed by atoms with Crippen LogP contribution in [0.5, 0.6) is 0 Å². The van der Waals surface area contributed by atoms with Gasteiger partial charge in [0.25, 0.3) is 0 Å². The second-order valence-electron chi connectivity index (χ2n) is 7.81. The van der Waals surface area contributed by atoms with E-state index in [9.17, 15) is 10.1 Å². The summed E-state index contributed by atoms with van der Waals surface area (Å²) in [6, 6.07) is 16.9. The average Bonchev–Trinajstić information content (AvgIpc) is 3.47. The van der Waals surface area contributed by atoms with Crippen molar-refractivity contribution in [2.24, 2.45) is 0 Å². The van der Waals surface area contributed by atoms with E-state index in [0.717, 1.165) is 36.2 Å².